The summed E-state index contributed by atoms with van der Waals surface area (Å²) < 4.78 is 0. The van der Waals surface area contributed by atoms with Gasteiger partial charge in [-0.2, -0.15) is 0 Å². The van der Waals surface area contributed by atoms with Crippen molar-refractivity contribution in [2.24, 2.45) is 0 Å². The van der Waals surface area contributed by atoms with Crippen LogP contribution in [0.2, 0.25) is 0 Å². The van der Waals surface area contributed by atoms with Gasteiger partial charge in [0.1, 0.15) is 17.5 Å². The van der Waals surface area contributed by atoms with Gasteiger partial charge in [-0.05, 0) is 26.7 Å². The molecule has 1 heterocycles. The van der Waals surface area contributed by atoms with E-state index >= 15 is 0 Å². The molecule has 5 nitrogen and oxygen atoms in total. The number of aromatic nitrogens is 2. The number of rotatable bonds is 5. The second-order valence-electron chi connectivity index (χ2n) is 4.40. The molecule has 0 radical (unpaired) electrons. The average molecular weight is 238 g/mol. The van der Waals surface area contributed by atoms with Gasteiger partial charge in [-0.3, -0.25) is 0 Å². The molecular formula is C12H22N4O. The number of nitrogens with zero attached hydrogens (tertiary/aromatic N) is 2. The molecule has 0 atom stereocenters. The summed E-state index contributed by atoms with van der Waals surface area (Å²) in [4.78, 5) is 8.45. The van der Waals surface area contributed by atoms with Crippen LogP contribution in [0.4, 0.5) is 11.6 Å². The quantitative estimate of drug-likeness (QED) is 0.726. The van der Waals surface area contributed by atoms with Crippen molar-refractivity contribution in [1.82, 2.24) is 9.97 Å². The molecule has 0 fully saturated rings. The lowest BCUT2D eigenvalue weighted by Gasteiger charge is -2.32. The summed E-state index contributed by atoms with van der Waals surface area (Å²) in [5.74, 6) is 1.83. The highest BCUT2D eigenvalue weighted by Gasteiger charge is 2.26. The minimum absolute atomic E-state index is 0.0718. The van der Waals surface area contributed by atoms with Gasteiger partial charge < -0.3 is 16.2 Å². The Labute approximate surface area is 102 Å². The number of hydrogen-bond donors (Lipinski definition) is 3. The first-order valence-electron chi connectivity index (χ1n) is 5.97. The summed E-state index contributed by atoms with van der Waals surface area (Å²) in [5, 5.41) is 12.8. The second kappa shape index (κ2) is 5.31. The van der Waals surface area contributed by atoms with Gasteiger partial charge in [0.15, 0.2) is 0 Å². The first kappa shape index (κ1) is 13.7. The van der Waals surface area contributed by atoms with Crippen molar-refractivity contribution in [3.05, 3.63) is 11.4 Å². The molecule has 0 aliphatic carbocycles. The molecule has 0 saturated heterocycles. The molecule has 0 saturated carbocycles. The number of nitrogens with one attached hydrogen (secondary N) is 1. The molecule has 17 heavy (non-hydrogen) atoms. The highest BCUT2D eigenvalue weighted by Crippen LogP contribution is 2.24. The van der Waals surface area contributed by atoms with Crippen LogP contribution in [-0.2, 0) is 0 Å². The molecule has 1 aromatic heterocycles. The molecule has 4 N–H and O–H groups in total. The highest BCUT2D eigenvalue weighted by atomic mass is 16.3. The molecular weight excluding hydrogens is 216 g/mol. The molecule has 1 aromatic rings. The number of hydrogen-bond acceptors (Lipinski definition) is 5. The van der Waals surface area contributed by atoms with Crippen LogP contribution in [-0.4, -0.2) is 27.2 Å². The third-order valence-electron chi connectivity index (χ3n) is 3.34. The molecule has 96 valence electrons. The van der Waals surface area contributed by atoms with Gasteiger partial charge in [0, 0.05) is 5.56 Å². The fourth-order valence-corrected chi connectivity index (χ4v) is 1.71. The van der Waals surface area contributed by atoms with E-state index in [0.29, 0.717) is 17.5 Å². The maximum atomic E-state index is 9.53. The summed E-state index contributed by atoms with van der Waals surface area (Å²) in [6.07, 6.45) is 1.64. The molecule has 0 aliphatic rings. The van der Waals surface area contributed by atoms with Gasteiger partial charge in [-0.1, -0.05) is 13.8 Å². The van der Waals surface area contributed by atoms with E-state index in [9.17, 15) is 5.11 Å². The Morgan fingerprint density at radius 2 is 1.82 bits per heavy atom. The SMILES string of the molecule is CCC(CC)(CO)Nc1nc(C)nc(N)c1C. The minimum Gasteiger partial charge on any atom is -0.394 e. The van der Waals surface area contributed by atoms with Crippen molar-refractivity contribution < 1.29 is 5.11 Å². The third-order valence-corrected chi connectivity index (χ3v) is 3.34. The van der Waals surface area contributed by atoms with E-state index in [0.717, 1.165) is 18.4 Å². The predicted molar refractivity (Wildman–Crippen MR) is 69.9 cm³/mol. The van der Waals surface area contributed by atoms with Gasteiger partial charge in [0.2, 0.25) is 0 Å². The Morgan fingerprint density at radius 3 is 2.29 bits per heavy atom. The van der Waals surface area contributed by atoms with Crippen molar-refractivity contribution >= 4 is 11.6 Å². The number of aryl methyl sites for hydroxylation is 1. The van der Waals surface area contributed by atoms with E-state index in [4.69, 9.17) is 5.73 Å². The number of anilines is 2. The Morgan fingerprint density at radius 1 is 1.24 bits per heavy atom. The first-order chi connectivity index (χ1) is 7.98. The maximum Gasteiger partial charge on any atom is 0.135 e. The average Bonchev–Trinajstić information content (AvgIpc) is 2.32. The molecule has 0 spiro atoms. The van der Waals surface area contributed by atoms with E-state index in [-0.39, 0.29) is 12.1 Å². The molecule has 0 aromatic carbocycles. The normalized spacial score (nSPS) is 11.6. The Balaban J connectivity index is 3.09. The van der Waals surface area contributed by atoms with Crippen LogP contribution in [0.5, 0.6) is 0 Å². The summed E-state index contributed by atoms with van der Waals surface area (Å²) in [6, 6.07) is 0. The smallest absolute Gasteiger partial charge is 0.135 e. The fraction of sp³-hybridized carbons (Fsp3) is 0.667. The van der Waals surface area contributed by atoms with Crippen LogP contribution in [0.3, 0.4) is 0 Å². The number of aliphatic hydroxyl groups excluding tert-OH is 1. The Hall–Kier alpha value is -1.36. The van der Waals surface area contributed by atoms with Gasteiger partial charge in [-0.25, -0.2) is 9.97 Å². The lowest BCUT2D eigenvalue weighted by atomic mass is 9.93. The predicted octanol–water partition coefficient (Wildman–Crippen LogP) is 1.64. The highest BCUT2D eigenvalue weighted by molar-refractivity contribution is 5.55. The number of aliphatic hydroxyl groups is 1. The standard InChI is InChI=1S/C12H22N4O/c1-5-12(6-2,7-17)16-11-8(3)10(13)14-9(4)15-11/h17H,5-7H2,1-4H3,(H3,13,14,15,16). The van der Waals surface area contributed by atoms with Crippen molar-refractivity contribution in [2.75, 3.05) is 17.7 Å². The largest absolute Gasteiger partial charge is 0.394 e. The van der Waals surface area contributed by atoms with E-state index < -0.39 is 0 Å². The molecule has 0 aliphatic heterocycles. The van der Waals surface area contributed by atoms with Crippen molar-refractivity contribution in [2.45, 2.75) is 46.1 Å². The Bertz CT molecular complexity index is 380. The zero-order chi connectivity index (χ0) is 13.1. The van der Waals surface area contributed by atoms with Crippen molar-refractivity contribution in [3.8, 4) is 0 Å². The second-order valence-corrected chi connectivity index (χ2v) is 4.40. The van der Waals surface area contributed by atoms with E-state index in [2.05, 4.69) is 15.3 Å². The lowest BCUT2D eigenvalue weighted by Crippen LogP contribution is -2.41. The van der Waals surface area contributed by atoms with Crippen molar-refractivity contribution in [1.29, 1.82) is 0 Å². The van der Waals surface area contributed by atoms with E-state index in [1.165, 1.54) is 0 Å². The van der Waals surface area contributed by atoms with Crippen LogP contribution < -0.4 is 11.1 Å². The van der Waals surface area contributed by atoms with Gasteiger partial charge in [-0.15, -0.1) is 0 Å². The Kier molecular flexibility index (Phi) is 4.28. The molecule has 0 unspecified atom stereocenters. The van der Waals surface area contributed by atoms with Crippen LogP contribution in [0, 0.1) is 13.8 Å². The van der Waals surface area contributed by atoms with E-state index in [1.807, 2.05) is 20.8 Å². The van der Waals surface area contributed by atoms with Gasteiger partial charge >= 0.3 is 0 Å². The fourth-order valence-electron chi connectivity index (χ4n) is 1.71. The number of nitrogen functional groups attached to an aromatic ring is 1. The van der Waals surface area contributed by atoms with Crippen LogP contribution in [0.15, 0.2) is 0 Å². The summed E-state index contributed by atoms with van der Waals surface area (Å²) in [5.41, 5.74) is 6.30. The monoisotopic (exact) mass is 238 g/mol. The van der Waals surface area contributed by atoms with Crippen LogP contribution >= 0.6 is 0 Å². The van der Waals surface area contributed by atoms with Crippen LogP contribution in [0.1, 0.15) is 38.1 Å². The zero-order valence-electron chi connectivity index (χ0n) is 11.0. The molecule has 1 rings (SSSR count). The van der Waals surface area contributed by atoms with E-state index in [1.54, 1.807) is 6.92 Å². The van der Waals surface area contributed by atoms with Gasteiger partial charge in [0.25, 0.3) is 0 Å². The summed E-state index contributed by atoms with van der Waals surface area (Å²) in [7, 11) is 0. The molecule has 0 bridgehead atoms. The van der Waals surface area contributed by atoms with Gasteiger partial charge in [0.05, 0.1) is 12.1 Å². The topological polar surface area (TPSA) is 84.1 Å². The van der Waals surface area contributed by atoms with Crippen LogP contribution in [0.25, 0.3) is 0 Å². The first-order valence-corrected chi connectivity index (χ1v) is 5.97. The zero-order valence-corrected chi connectivity index (χ0v) is 11.0. The third kappa shape index (κ3) is 2.85. The summed E-state index contributed by atoms with van der Waals surface area (Å²) in [6.45, 7) is 7.84. The summed E-state index contributed by atoms with van der Waals surface area (Å²) >= 11 is 0. The molecule has 5 heteroatoms. The number of nitrogens with two attached hydrogens (primary N) is 1. The minimum atomic E-state index is -0.335. The lowest BCUT2D eigenvalue weighted by molar-refractivity contribution is 0.202. The molecule has 0 amide bonds. The maximum absolute atomic E-state index is 9.53. The van der Waals surface area contributed by atoms with Crippen molar-refractivity contribution in [3.63, 3.8) is 0 Å².